The van der Waals surface area contributed by atoms with Gasteiger partial charge in [-0.3, -0.25) is 9.69 Å². The summed E-state index contributed by atoms with van der Waals surface area (Å²) in [4.78, 5) is 27.0. The molecule has 1 heterocycles. The molecule has 0 aromatic heterocycles. The molecule has 2 aromatic carbocycles. The molecule has 0 atom stereocenters. The van der Waals surface area contributed by atoms with Crippen LogP contribution in [-0.4, -0.2) is 26.1 Å². The number of hydrogen-bond donors (Lipinski definition) is 0. The fraction of sp³-hybridized carbons (Fsp3) is 0.143. The minimum absolute atomic E-state index is 0.221. The van der Waals surface area contributed by atoms with Crippen LogP contribution >= 0.6 is 11.6 Å². The van der Waals surface area contributed by atoms with E-state index in [1.54, 1.807) is 56.5 Å². The van der Waals surface area contributed by atoms with Gasteiger partial charge >= 0.3 is 5.97 Å². The van der Waals surface area contributed by atoms with Gasteiger partial charge in [0.05, 0.1) is 36.1 Å². The summed E-state index contributed by atoms with van der Waals surface area (Å²) in [5, 5.41) is 0.417. The lowest BCUT2D eigenvalue weighted by atomic mass is 10.0. The fourth-order valence-corrected chi connectivity index (χ4v) is 3.19. The van der Waals surface area contributed by atoms with Crippen molar-refractivity contribution in [2.75, 3.05) is 19.1 Å². The number of amides is 1. The smallest absolute Gasteiger partial charge is 0.340 e. The Morgan fingerprint density at radius 2 is 1.74 bits per heavy atom. The SMILES string of the molecule is COC(=O)C1=C(C)N(c2ccccc2Cl)C(=O)/C1=C\c1ccc(OC)cc1. The van der Waals surface area contributed by atoms with Gasteiger partial charge in [0.25, 0.3) is 5.91 Å². The van der Waals surface area contributed by atoms with E-state index in [1.165, 1.54) is 12.0 Å². The molecule has 1 amide bonds. The largest absolute Gasteiger partial charge is 0.497 e. The molecule has 0 bridgehead atoms. The van der Waals surface area contributed by atoms with Crippen molar-refractivity contribution in [3.05, 3.63) is 76.0 Å². The van der Waals surface area contributed by atoms with Crippen LogP contribution in [0.4, 0.5) is 5.69 Å². The zero-order chi connectivity index (χ0) is 19.6. The van der Waals surface area contributed by atoms with Gasteiger partial charge in [0, 0.05) is 5.70 Å². The second kappa shape index (κ2) is 7.68. The van der Waals surface area contributed by atoms with Gasteiger partial charge < -0.3 is 9.47 Å². The quantitative estimate of drug-likeness (QED) is 0.585. The van der Waals surface area contributed by atoms with Crippen molar-refractivity contribution >= 4 is 35.2 Å². The number of halogens is 1. The van der Waals surface area contributed by atoms with Crippen LogP contribution in [-0.2, 0) is 14.3 Å². The van der Waals surface area contributed by atoms with Gasteiger partial charge in [-0.2, -0.15) is 0 Å². The molecule has 0 fully saturated rings. The van der Waals surface area contributed by atoms with Crippen molar-refractivity contribution in [1.29, 1.82) is 0 Å². The van der Waals surface area contributed by atoms with Crippen molar-refractivity contribution in [2.24, 2.45) is 0 Å². The molecule has 0 aliphatic carbocycles. The van der Waals surface area contributed by atoms with Crippen LogP contribution < -0.4 is 9.64 Å². The Morgan fingerprint density at radius 3 is 2.33 bits per heavy atom. The Hall–Kier alpha value is -3.05. The van der Waals surface area contributed by atoms with E-state index in [2.05, 4.69) is 0 Å². The Labute approximate surface area is 162 Å². The van der Waals surface area contributed by atoms with Crippen LogP contribution in [0.1, 0.15) is 12.5 Å². The summed E-state index contributed by atoms with van der Waals surface area (Å²) in [6.45, 7) is 1.70. The molecule has 0 N–H and O–H groups in total. The van der Waals surface area contributed by atoms with Gasteiger partial charge in [-0.1, -0.05) is 35.9 Å². The van der Waals surface area contributed by atoms with Gasteiger partial charge in [0.15, 0.2) is 0 Å². The van der Waals surface area contributed by atoms with E-state index in [9.17, 15) is 9.59 Å². The van der Waals surface area contributed by atoms with Gasteiger partial charge in [0.1, 0.15) is 5.75 Å². The molecule has 5 nitrogen and oxygen atoms in total. The number of hydrogen-bond acceptors (Lipinski definition) is 4. The average Bonchev–Trinajstić information content (AvgIpc) is 2.92. The molecule has 2 aromatic rings. The Morgan fingerprint density at radius 1 is 1.07 bits per heavy atom. The van der Waals surface area contributed by atoms with Crippen molar-refractivity contribution in [3.8, 4) is 5.75 Å². The minimum Gasteiger partial charge on any atom is -0.497 e. The summed E-state index contributed by atoms with van der Waals surface area (Å²) in [5.41, 5.74) is 2.22. The zero-order valence-electron chi connectivity index (χ0n) is 15.2. The predicted octanol–water partition coefficient (Wildman–Crippen LogP) is 4.23. The number of anilines is 1. The van der Waals surface area contributed by atoms with Crippen LogP contribution in [0.3, 0.4) is 0 Å². The number of carbonyl (C=O) groups is 2. The maximum Gasteiger partial charge on any atom is 0.340 e. The molecular formula is C21H18ClNO4. The molecule has 6 heteroatoms. The average molecular weight is 384 g/mol. The number of benzene rings is 2. The normalized spacial score (nSPS) is 15.5. The number of rotatable bonds is 4. The first-order chi connectivity index (χ1) is 13.0. The van der Waals surface area contributed by atoms with Crippen molar-refractivity contribution in [1.82, 2.24) is 0 Å². The Kier molecular flexibility index (Phi) is 5.33. The molecule has 1 aliphatic rings. The molecule has 3 rings (SSSR count). The highest BCUT2D eigenvalue weighted by molar-refractivity contribution is 6.35. The maximum absolute atomic E-state index is 13.2. The van der Waals surface area contributed by atoms with Crippen LogP contribution in [0.25, 0.3) is 6.08 Å². The highest BCUT2D eigenvalue weighted by Crippen LogP contribution is 2.38. The van der Waals surface area contributed by atoms with E-state index in [0.717, 1.165) is 5.56 Å². The fourth-order valence-electron chi connectivity index (χ4n) is 2.97. The van der Waals surface area contributed by atoms with Crippen LogP contribution in [0.5, 0.6) is 5.75 Å². The van der Waals surface area contributed by atoms with E-state index >= 15 is 0 Å². The van der Waals surface area contributed by atoms with E-state index in [0.29, 0.717) is 22.2 Å². The van der Waals surface area contributed by atoms with Gasteiger partial charge in [-0.05, 0) is 42.8 Å². The van der Waals surface area contributed by atoms with Gasteiger partial charge in [-0.25, -0.2) is 4.79 Å². The van der Waals surface area contributed by atoms with Crippen molar-refractivity contribution in [2.45, 2.75) is 6.92 Å². The maximum atomic E-state index is 13.2. The third kappa shape index (κ3) is 3.46. The lowest BCUT2D eigenvalue weighted by Gasteiger charge is -2.19. The Bertz CT molecular complexity index is 960. The summed E-state index contributed by atoms with van der Waals surface area (Å²) >= 11 is 6.27. The third-order valence-electron chi connectivity index (χ3n) is 4.31. The molecule has 0 radical (unpaired) electrons. The van der Waals surface area contributed by atoms with Crippen LogP contribution in [0.2, 0.25) is 5.02 Å². The molecule has 0 saturated carbocycles. The summed E-state index contributed by atoms with van der Waals surface area (Å²) in [6, 6.07) is 14.2. The first kappa shape index (κ1) is 18.7. The lowest BCUT2D eigenvalue weighted by Crippen LogP contribution is -2.24. The van der Waals surface area contributed by atoms with E-state index in [1.807, 2.05) is 12.1 Å². The molecule has 27 heavy (non-hydrogen) atoms. The molecule has 0 saturated heterocycles. The molecule has 0 unspecified atom stereocenters. The van der Waals surface area contributed by atoms with Crippen LogP contribution in [0.15, 0.2) is 65.4 Å². The molecular weight excluding hydrogens is 366 g/mol. The molecule has 1 aliphatic heterocycles. The summed E-state index contributed by atoms with van der Waals surface area (Å²) < 4.78 is 10.1. The Balaban J connectivity index is 2.12. The number of esters is 1. The number of methoxy groups -OCH3 is 2. The summed E-state index contributed by atoms with van der Waals surface area (Å²) in [6.07, 6.45) is 1.66. The standard InChI is InChI=1S/C21H18ClNO4/c1-13-19(21(25)27-3)16(12-14-8-10-15(26-2)11-9-14)20(24)23(13)18-7-5-4-6-17(18)22/h4-12H,1-3H3/b16-12-. The summed E-state index contributed by atoms with van der Waals surface area (Å²) in [7, 11) is 2.87. The number of carbonyl (C=O) groups excluding carboxylic acids is 2. The van der Waals surface area contributed by atoms with Crippen LogP contribution in [0, 0.1) is 0 Å². The number of nitrogens with zero attached hydrogens (tertiary/aromatic N) is 1. The predicted molar refractivity (Wildman–Crippen MR) is 105 cm³/mol. The first-order valence-corrected chi connectivity index (χ1v) is 8.60. The lowest BCUT2D eigenvalue weighted by molar-refractivity contribution is -0.136. The van der Waals surface area contributed by atoms with Crippen molar-refractivity contribution < 1.29 is 19.1 Å². The minimum atomic E-state index is -0.574. The van der Waals surface area contributed by atoms with Crippen molar-refractivity contribution in [3.63, 3.8) is 0 Å². The van der Waals surface area contributed by atoms with E-state index in [-0.39, 0.29) is 17.1 Å². The topological polar surface area (TPSA) is 55.8 Å². The van der Waals surface area contributed by atoms with Gasteiger partial charge in [0.2, 0.25) is 0 Å². The monoisotopic (exact) mass is 383 g/mol. The number of allylic oxidation sites excluding steroid dienone is 1. The third-order valence-corrected chi connectivity index (χ3v) is 4.63. The van der Waals surface area contributed by atoms with E-state index < -0.39 is 5.97 Å². The first-order valence-electron chi connectivity index (χ1n) is 8.22. The highest BCUT2D eigenvalue weighted by atomic mass is 35.5. The second-order valence-corrected chi connectivity index (χ2v) is 6.28. The number of para-hydroxylation sites is 1. The highest BCUT2D eigenvalue weighted by Gasteiger charge is 2.38. The summed E-state index contributed by atoms with van der Waals surface area (Å²) in [5.74, 6) is -0.209. The number of ether oxygens (including phenoxy) is 2. The second-order valence-electron chi connectivity index (χ2n) is 5.88. The molecule has 0 spiro atoms. The van der Waals surface area contributed by atoms with Gasteiger partial charge in [-0.15, -0.1) is 0 Å². The molecule has 138 valence electrons. The van der Waals surface area contributed by atoms with E-state index in [4.69, 9.17) is 21.1 Å². The zero-order valence-corrected chi connectivity index (χ0v) is 15.9.